The van der Waals surface area contributed by atoms with Gasteiger partial charge in [-0.25, -0.2) is 0 Å². The summed E-state index contributed by atoms with van der Waals surface area (Å²) >= 11 is 6.12. The highest BCUT2D eigenvalue weighted by Gasteiger charge is 2.36. The van der Waals surface area contributed by atoms with Crippen LogP contribution in [-0.2, 0) is 6.54 Å². The van der Waals surface area contributed by atoms with Crippen LogP contribution in [-0.4, -0.2) is 35.6 Å². The second-order valence-electron chi connectivity index (χ2n) is 8.87. The lowest BCUT2D eigenvalue weighted by Crippen LogP contribution is -2.47. The van der Waals surface area contributed by atoms with Crippen LogP contribution >= 0.6 is 11.6 Å². The van der Waals surface area contributed by atoms with Gasteiger partial charge in [-0.2, -0.15) is 0 Å². The van der Waals surface area contributed by atoms with Crippen LogP contribution in [0, 0.1) is 16.0 Å². The lowest BCUT2D eigenvalue weighted by molar-refractivity contribution is -0.384. The van der Waals surface area contributed by atoms with Gasteiger partial charge in [0.1, 0.15) is 11.4 Å². The number of halogens is 1. The Hall–Kier alpha value is -3.85. The number of anilines is 2. The second kappa shape index (κ2) is 9.07. The van der Waals surface area contributed by atoms with Gasteiger partial charge in [-0.05, 0) is 48.7 Å². The molecule has 0 saturated carbocycles. The van der Waals surface area contributed by atoms with E-state index in [1.54, 1.807) is 42.5 Å². The number of nitrogens with zero attached hydrogens (tertiary/aromatic N) is 3. The summed E-state index contributed by atoms with van der Waals surface area (Å²) in [7, 11) is 1.49. The van der Waals surface area contributed by atoms with Crippen molar-refractivity contribution in [2.24, 2.45) is 5.92 Å². The number of nitro benzene ring substituents is 1. The van der Waals surface area contributed by atoms with E-state index in [0.717, 1.165) is 12.1 Å². The summed E-state index contributed by atoms with van der Waals surface area (Å²) in [5.74, 6) is 0.315. The van der Waals surface area contributed by atoms with Gasteiger partial charge < -0.3 is 19.5 Å². The van der Waals surface area contributed by atoms with Crippen molar-refractivity contribution in [2.75, 3.05) is 30.4 Å². The third kappa shape index (κ3) is 4.35. The van der Waals surface area contributed by atoms with Crippen molar-refractivity contribution in [3.05, 3.63) is 91.3 Å². The highest BCUT2D eigenvalue weighted by molar-refractivity contribution is 6.32. The van der Waals surface area contributed by atoms with Crippen LogP contribution in [0.2, 0.25) is 5.02 Å². The molecule has 1 fully saturated rings. The Bertz CT molecular complexity index is 1390. The van der Waals surface area contributed by atoms with E-state index in [2.05, 4.69) is 5.32 Å². The molecule has 35 heavy (non-hydrogen) atoms. The summed E-state index contributed by atoms with van der Waals surface area (Å²) in [4.78, 5) is 38.6. The van der Waals surface area contributed by atoms with Crippen molar-refractivity contribution in [3.8, 4) is 5.75 Å². The van der Waals surface area contributed by atoms with E-state index in [0.29, 0.717) is 41.8 Å². The van der Waals surface area contributed by atoms with Gasteiger partial charge >= 0.3 is 0 Å². The average molecular weight is 495 g/mol. The number of hydrogen-bond acceptors (Lipinski definition) is 6. The standard InChI is InChI=1S/C25H23ClN4O5/c1-35-23-8-6-18(11-19(23)26)27-25(32)16-5-7-21(22(10-16)30(33)34)28-12-15-9-17(14-28)20-3-2-4-24(31)29(20)13-15/h2-8,10-11,15,17H,9,12-14H2,1H3,(H,27,32). The minimum Gasteiger partial charge on any atom is -0.495 e. The van der Waals surface area contributed by atoms with Crippen LogP contribution in [0.4, 0.5) is 17.1 Å². The van der Waals surface area contributed by atoms with Crippen molar-refractivity contribution in [2.45, 2.75) is 18.9 Å². The minimum absolute atomic E-state index is 0.00913. The molecule has 3 aromatic rings. The SMILES string of the molecule is COc1ccc(NC(=O)c2ccc(N3CC4CC(C3)c3cccc(=O)n3C4)c([N+](=O)[O-])c2)cc1Cl. The van der Waals surface area contributed by atoms with Crippen LogP contribution < -0.4 is 20.5 Å². The maximum Gasteiger partial charge on any atom is 0.293 e. The molecule has 180 valence electrons. The third-order valence-electron chi connectivity index (χ3n) is 6.66. The lowest BCUT2D eigenvalue weighted by Gasteiger charge is -2.43. The van der Waals surface area contributed by atoms with Crippen LogP contribution in [0.3, 0.4) is 0 Å². The summed E-state index contributed by atoms with van der Waals surface area (Å²) in [6, 6.07) is 14.6. The number of piperidine rings is 1. The number of benzene rings is 2. The fraction of sp³-hybridized carbons (Fsp3) is 0.280. The van der Waals surface area contributed by atoms with Gasteiger partial charge in [0, 0.05) is 54.6 Å². The molecular weight excluding hydrogens is 472 g/mol. The first kappa shape index (κ1) is 22.9. The number of fused-ring (bicyclic) bond motifs is 4. The smallest absolute Gasteiger partial charge is 0.293 e. The molecular formula is C25H23ClN4O5. The summed E-state index contributed by atoms with van der Waals surface area (Å²) in [6.45, 7) is 1.77. The summed E-state index contributed by atoms with van der Waals surface area (Å²) in [6.07, 6.45) is 0.943. The molecule has 1 N–H and O–H groups in total. The summed E-state index contributed by atoms with van der Waals surface area (Å²) in [5.41, 5.74) is 1.92. The van der Waals surface area contributed by atoms with E-state index in [1.165, 1.54) is 13.2 Å². The lowest BCUT2D eigenvalue weighted by atomic mass is 9.83. The number of hydrogen-bond donors (Lipinski definition) is 1. The van der Waals surface area contributed by atoms with Gasteiger partial charge in [-0.3, -0.25) is 19.7 Å². The largest absolute Gasteiger partial charge is 0.495 e. The number of rotatable bonds is 5. The molecule has 2 bridgehead atoms. The molecule has 10 heteroatoms. The van der Waals surface area contributed by atoms with E-state index in [1.807, 2.05) is 15.5 Å². The van der Waals surface area contributed by atoms with Gasteiger partial charge in [-0.1, -0.05) is 17.7 Å². The number of ether oxygens (including phenoxy) is 1. The zero-order valence-corrected chi connectivity index (χ0v) is 19.7. The van der Waals surface area contributed by atoms with Crippen molar-refractivity contribution in [1.29, 1.82) is 0 Å². The minimum atomic E-state index is -0.482. The predicted octanol–water partition coefficient (Wildman–Crippen LogP) is 4.29. The average Bonchev–Trinajstić information content (AvgIpc) is 2.84. The van der Waals surface area contributed by atoms with E-state index >= 15 is 0 Å². The monoisotopic (exact) mass is 494 g/mol. The quantitative estimate of drug-likeness (QED) is 0.419. The Morgan fingerprint density at radius 1 is 1.14 bits per heavy atom. The van der Waals surface area contributed by atoms with Crippen molar-refractivity contribution in [1.82, 2.24) is 4.57 Å². The number of amides is 1. The van der Waals surface area contributed by atoms with Crippen LogP contribution in [0.15, 0.2) is 59.4 Å². The molecule has 3 heterocycles. The Labute approximate surface area is 206 Å². The summed E-state index contributed by atoms with van der Waals surface area (Å²) in [5, 5.41) is 15.0. The van der Waals surface area contributed by atoms with Gasteiger partial charge in [0.15, 0.2) is 0 Å². The molecule has 5 rings (SSSR count). The molecule has 0 aliphatic carbocycles. The molecule has 2 aromatic carbocycles. The topological polar surface area (TPSA) is 107 Å². The maximum absolute atomic E-state index is 12.8. The normalized spacial score (nSPS) is 18.5. The van der Waals surface area contributed by atoms with Gasteiger partial charge in [-0.15, -0.1) is 0 Å². The Balaban J connectivity index is 1.40. The molecule has 1 aromatic heterocycles. The predicted molar refractivity (Wildman–Crippen MR) is 133 cm³/mol. The third-order valence-corrected chi connectivity index (χ3v) is 6.96. The molecule has 2 unspecified atom stereocenters. The van der Waals surface area contributed by atoms with Crippen LogP contribution in [0.1, 0.15) is 28.4 Å². The van der Waals surface area contributed by atoms with Gasteiger partial charge in [0.05, 0.1) is 17.1 Å². The van der Waals surface area contributed by atoms with Gasteiger partial charge in [0.2, 0.25) is 0 Å². The molecule has 0 radical (unpaired) electrons. The van der Waals surface area contributed by atoms with Crippen LogP contribution in [0.25, 0.3) is 0 Å². The van der Waals surface area contributed by atoms with Crippen molar-refractivity contribution in [3.63, 3.8) is 0 Å². The molecule has 9 nitrogen and oxygen atoms in total. The number of carbonyl (C=O) groups excluding carboxylic acids is 1. The molecule has 1 saturated heterocycles. The maximum atomic E-state index is 12.8. The Kier molecular flexibility index (Phi) is 5.94. The first-order valence-electron chi connectivity index (χ1n) is 11.2. The Morgan fingerprint density at radius 3 is 2.71 bits per heavy atom. The van der Waals surface area contributed by atoms with E-state index in [-0.39, 0.29) is 28.6 Å². The van der Waals surface area contributed by atoms with Crippen molar-refractivity contribution < 1.29 is 14.5 Å². The first-order valence-corrected chi connectivity index (χ1v) is 11.6. The fourth-order valence-electron chi connectivity index (χ4n) is 5.12. The number of aromatic nitrogens is 1. The fourth-order valence-corrected chi connectivity index (χ4v) is 5.38. The number of nitro groups is 1. The first-order chi connectivity index (χ1) is 16.8. The number of pyridine rings is 1. The highest BCUT2D eigenvalue weighted by Crippen LogP contribution is 2.40. The van der Waals surface area contributed by atoms with Crippen molar-refractivity contribution >= 4 is 34.6 Å². The van der Waals surface area contributed by atoms with Gasteiger partial charge in [0.25, 0.3) is 17.2 Å². The molecule has 1 amide bonds. The van der Waals surface area contributed by atoms with E-state index < -0.39 is 10.8 Å². The second-order valence-corrected chi connectivity index (χ2v) is 9.27. The number of methoxy groups -OCH3 is 1. The number of carbonyl (C=O) groups is 1. The van der Waals surface area contributed by atoms with E-state index in [4.69, 9.17) is 16.3 Å². The highest BCUT2D eigenvalue weighted by atomic mass is 35.5. The molecule has 2 aliphatic rings. The number of nitrogens with one attached hydrogen (secondary N) is 1. The van der Waals surface area contributed by atoms with Crippen LogP contribution in [0.5, 0.6) is 5.75 Å². The summed E-state index contributed by atoms with van der Waals surface area (Å²) < 4.78 is 6.94. The van der Waals surface area contributed by atoms with E-state index in [9.17, 15) is 19.7 Å². The molecule has 2 aliphatic heterocycles. The zero-order valence-electron chi connectivity index (χ0n) is 18.9. The molecule has 0 spiro atoms. The molecule has 2 atom stereocenters. The Morgan fingerprint density at radius 2 is 1.97 bits per heavy atom. The zero-order chi connectivity index (χ0) is 24.7.